The van der Waals surface area contributed by atoms with Gasteiger partial charge in [-0.2, -0.15) is 0 Å². The third-order valence-corrected chi connectivity index (χ3v) is 2.99. The minimum atomic E-state index is -0.479. The van der Waals surface area contributed by atoms with Crippen LogP contribution in [0.1, 0.15) is 4.88 Å². The molecule has 0 aliphatic rings. The Hall–Kier alpha value is -1.46. The van der Waals surface area contributed by atoms with Gasteiger partial charge >= 0.3 is 0 Å². The molecule has 1 aromatic carbocycles. The molecule has 0 aliphatic heterocycles. The topological polar surface area (TPSA) is 59.1 Å². The standard InChI is InChI=1S/C10H9FN2OS/c11-9-3-6(14)1-2-8(9)10-13-5-7(4-12)15-10/h1-3,5,14H,4,12H2. The normalized spacial score (nSPS) is 10.5. The Kier molecular flexibility index (Phi) is 2.66. The van der Waals surface area contributed by atoms with E-state index in [2.05, 4.69) is 4.98 Å². The van der Waals surface area contributed by atoms with Crippen LogP contribution in [0.25, 0.3) is 10.6 Å². The molecule has 0 unspecified atom stereocenters. The maximum absolute atomic E-state index is 13.4. The summed E-state index contributed by atoms with van der Waals surface area (Å²) in [4.78, 5) is 4.97. The fraction of sp³-hybridized carbons (Fsp3) is 0.100. The Balaban J connectivity index is 2.44. The van der Waals surface area contributed by atoms with Gasteiger partial charge in [0.25, 0.3) is 0 Å². The van der Waals surface area contributed by atoms with Crippen LogP contribution in [-0.2, 0) is 6.54 Å². The first-order chi connectivity index (χ1) is 7.20. The molecule has 5 heteroatoms. The highest BCUT2D eigenvalue weighted by molar-refractivity contribution is 7.15. The second kappa shape index (κ2) is 3.96. The highest BCUT2D eigenvalue weighted by atomic mass is 32.1. The maximum atomic E-state index is 13.4. The Labute approximate surface area is 90.0 Å². The number of rotatable bonds is 2. The zero-order valence-corrected chi connectivity index (χ0v) is 8.59. The molecule has 0 radical (unpaired) electrons. The quantitative estimate of drug-likeness (QED) is 0.821. The van der Waals surface area contributed by atoms with E-state index in [0.717, 1.165) is 10.9 Å². The third kappa shape index (κ3) is 1.98. The molecule has 2 rings (SSSR count). The summed E-state index contributed by atoms with van der Waals surface area (Å²) in [6.45, 7) is 0.400. The Morgan fingerprint density at radius 2 is 2.27 bits per heavy atom. The van der Waals surface area contributed by atoms with Crippen molar-refractivity contribution in [1.82, 2.24) is 4.98 Å². The number of nitrogens with two attached hydrogens (primary N) is 1. The predicted molar refractivity (Wildman–Crippen MR) is 57.1 cm³/mol. The van der Waals surface area contributed by atoms with Crippen molar-refractivity contribution in [3.8, 4) is 16.3 Å². The molecule has 0 bridgehead atoms. The lowest BCUT2D eigenvalue weighted by Crippen LogP contribution is -1.91. The van der Waals surface area contributed by atoms with Crippen molar-refractivity contribution < 1.29 is 9.50 Å². The molecule has 0 aliphatic carbocycles. The Morgan fingerprint density at radius 1 is 1.47 bits per heavy atom. The maximum Gasteiger partial charge on any atom is 0.137 e. The Morgan fingerprint density at radius 3 is 2.87 bits per heavy atom. The lowest BCUT2D eigenvalue weighted by Gasteiger charge is -1.98. The van der Waals surface area contributed by atoms with Gasteiger partial charge in [0.15, 0.2) is 0 Å². The molecule has 78 valence electrons. The number of aromatic nitrogens is 1. The number of hydrogen-bond acceptors (Lipinski definition) is 4. The average molecular weight is 224 g/mol. The van der Waals surface area contributed by atoms with Crippen molar-refractivity contribution in [1.29, 1.82) is 0 Å². The average Bonchev–Trinajstić information content (AvgIpc) is 2.66. The number of phenols is 1. The molecule has 0 spiro atoms. The van der Waals surface area contributed by atoms with Crippen LogP contribution >= 0.6 is 11.3 Å². The van der Waals surface area contributed by atoms with Crippen molar-refractivity contribution >= 4 is 11.3 Å². The van der Waals surface area contributed by atoms with Gasteiger partial charge in [-0.25, -0.2) is 9.37 Å². The number of nitrogens with zero attached hydrogens (tertiary/aromatic N) is 1. The fourth-order valence-electron chi connectivity index (χ4n) is 1.20. The Bertz CT molecular complexity index is 484. The molecule has 0 fully saturated rings. The van der Waals surface area contributed by atoms with E-state index in [-0.39, 0.29) is 5.75 Å². The summed E-state index contributed by atoms with van der Waals surface area (Å²) in [6, 6.07) is 4.00. The van der Waals surface area contributed by atoms with Crippen LogP contribution in [0.3, 0.4) is 0 Å². The molecule has 2 aromatic rings. The molecular formula is C10H9FN2OS. The molecule has 15 heavy (non-hydrogen) atoms. The van der Waals surface area contributed by atoms with E-state index in [9.17, 15) is 4.39 Å². The van der Waals surface area contributed by atoms with E-state index in [4.69, 9.17) is 10.8 Å². The van der Waals surface area contributed by atoms with Gasteiger partial charge in [0, 0.05) is 29.2 Å². The second-order valence-corrected chi connectivity index (χ2v) is 4.12. The van der Waals surface area contributed by atoms with Crippen LogP contribution in [0.4, 0.5) is 4.39 Å². The van der Waals surface area contributed by atoms with Gasteiger partial charge in [0.05, 0.1) is 0 Å². The summed E-state index contributed by atoms with van der Waals surface area (Å²) in [7, 11) is 0. The van der Waals surface area contributed by atoms with Crippen LogP contribution in [-0.4, -0.2) is 10.1 Å². The zero-order valence-electron chi connectivity index (χ0n) is 7.77. The zero-order chi connectivity index (χ0) is 10.8. The molecular weight excluding hydrogens is 215 g/mol. The minimum Gasteiger partial charge on any atom is -0.508 e. The highest BCUT2D eigenvalue weighted by Gasteiger charge is 2.09. The molecule has 1 aromatic heterocycles. The molecule has 3 N–H and O–H groups in total. The number of hydrogen-bond donors (Lipinski definition) is 2. The third-order valence-electron chi connectivity index (χ3n) is 1.94. The summed E-state index contributed by atoms with van der Waals surface area (Å²) >= 11 is 1.35. The number of phenolic OH excluding ortho intramolecular Hbond substituents is 1. The van der Waals surface area contributed by atoms with Gasteiger partial charge in [0.2, 0.25) is 0 Å². The fourth-order valence-corrected chi connectivity index (χ4v) is 2.02. The van der Waals surface area contributed by atoms with Crippen molar-refractivity contribution in [2.75, 3.05) is 0 Å². The first-order valence-electron chi connectivity index (χ1n) is 4.34. The van der Waals surface area contributed by atoms with Crippen LogP contribution < -0.4 is 5.73 Å². The number of aromatic hydroxyl groups is 1. The number of halogens is 1. The van der Waals surface area contributed by atoms with E-state index in [1.54, 1.807) is 6.20 Å². The molecule has 3 nitrogen and oxygen atoms in total. The van der Waals surface area contributed by atoms with E-state index >= 15 is 0 Å². The number of benzene rings is 1. The summed E-state index contributed by atoms with van der Waals surface area (Å²) in [6.07, 6.45) is 1.63. The molecule has 0 saturated carbocycles. The van der Waals surface area contributed by atoms with Crippen molar-refractivity contribution in [2.45, 2.75) is 6.54 Å². The molecule has 0 saturated heterocycles. The van der Waals surface area contributed by atoms with E-state index < -0.39 is 5.82 Å². The van der Waals surface area contributed by atoms with Crippen molar-refractivity contribution in [3.05, 3.63) is 35.1 Å². The smallest absolute Gasteiger partial charge is 0.137 e. The second-order valence-electron chi connectivity index (χ2n) is 3.00. The van der Waals surface area contributed by atoms with Gasteiger partial charge in [-0.3, -0.25) is 0 Å². The largest absolute Gasteiger partial charge is 0.508 e. The SMILES string of the molecule is NCc1cnc(-c2ccc(O)cc2F)s1. The summed E-state index contributed by atoms with van der Waals surface area (Å²) in [5, 5.41) is 9.64. The van der Waals surface area contributed by atoms with E-state index in [0.29, 0.717) is 17.1 Å². The summed E-state index contributed by atoms with van der Waals surface area (Å²) < 4.78 is 13.4. The van der Waals surface area contributed by atoms with Crippen molar-refractivity contribution in [2.24, 2.45) is 5.73 Å². The summed E-state index contributed by atoms with van der Waals surface area (Å²) in [5.41, 5.74) is 5.83. The van der Waals surface area contributed by atoms with Gasteiger partial charge in [0.1, 0.15) is 16.6 Å². The van der Waals surface area contributed by atoms with Crippen LogP contribution in [0.15, 0.2) is 24.4 Å². The van der Waals surface area contributed by atoms with Gasteiger partial charge < -0.3 is 10.8 Å². The first kappa shape index (κ1) is 10.1. The van der Waals surface area contributed by atoms with Gasteiger partial charge in [-0.05, 0) is 12.1 Å². The van der Waals surface area contributed by atoms with Crippen molar-refractivity contribution in [3.63, 3.8) is 0 Å². The number of thiazole rings is 1. The molecule has 0 amide bonds. The van der Waals surface area contributed by atoms with Crippen LogP contribution in [0.2, 0.25) is 0 Å². The molecule has 1 heterocycles. The van der Waals surface area contributed by atoms with E-state index in [1.807, 2.05) is 0 Å². The highest BCUT2D eigenvalue weighted by Crippen LogP contribution is 2.29. The summed E-state index contributed by atoms with van der Waals surface area (Å²) in [5.74, 6) is -0.570. The monoisotopic (exact) mass is 224 g/mol. The van der Waals surface area contributed by atoms with Crippen LogP contribution in [0.5, 0.6) is 5.75 Å². The molecule has 0 atom stereocenters. The lowest BCUT2D eigenvalue weighted by atomic mass is 10.2. The lowest BCUT2D eigenvalue weighted by molar-refractivity contribution is 0.469. The van der Waals surface area contributed by atoms with E-state index in [1.165, 1.54) is 23.5 Å². The minimum absolute atomic E-state index is 0.0909. The van der Waals surface area contributed by atoms with Crippen LogP contribution in [0, 0.1) is 5.82 Å². The first-order valence-corrected chi connectivity index (χ1v) is 5.16. The van der Waals surface area contributed by atoms with Gasteiger partial charge in [-0.15, -0.1) is 11.3 Å². The predicted octanol–water partition coefficient (Wildman–Crippen LogP) is 2.11. The van der Waals surface area contributed by atoms with Gasteiger partial charge in [-0.1, -0.05) is 0 Å².